The molecule has 0 aliphatic rings. The van der Waals surface area contributed by atoms with Crippen LogP contribution < -0.4 is 5.76 Å². The fraction of sp³-hybridized carbons (Fsp3) is 0.500. The Hall–Kier alpha value is -0.360. The van der Waals surface area contributed by atoms with E-state index in [1.807, 2.05) is 0 Å². The van der Waals surface area contributed by atoms with Crippen molar-refractivity contribution in [3.63, 3.8) is 0 Å². The highest BCUT2D eigenvalue weighted by Crippen LogP contribution is 2.14. The van der Waals surface area contributed by atoms with Gasteiger partial charge in [0.2, 0.25) is 0 Å². The SMILES string of the molecule is O=c1[nH]c(C(S)CS)no1. The van der Waals surface area contributed by atoms with E-state index in [-0.39, 0.29) is 5.25 Å². The first kappa shape index (κ1) is 7.74. The maximum atomic E-state index is 10.4. The standard InChI is InChI=1S/C4H6N2O2S2/c7-4-5-3(6-8-4)2(10)1-9/h2,9-10H,1H2,(H,5,6,7). The highest BCUT2D eigenvalue weighted by molar-refractivity contribution is 7.84. The number of hydrogen-bond donors (Lipinski definition) is 3. The molecule has 0 aromatic carbocycles. The average molecular weight is 178 g/mol. The van der Waals surface area contributed by atoms with E-state index in [4.69, 9.17) is 0 Å². The van der Waals surface area contributed by atoms with E-state index in [2.05, 4.69) is 39.9 Å². The summed E-state index contributed by atoms with van der Waals surface area (Å²) in [5.41, 5.74) is 0. The first-order valence-electron chi connectivity index (χ1n) is 2.59. The van der Waals surface area contributed by atoms with Crippen LogP contribution in [0.15, 0.2) is 9.32 Å². The Labute approximate surface area is 67.8 Å². The lowest BCUT2D eigenvalue weighted by atomic mass is 10.4. The number of H-pyrrole nitrogens is 1. The van der Waals surface area contributed by atoms with E-state index < -0.39 is 5.76 Å². The number of aromatic nitrogens is 2. The van der Waals surface area contributed by atoms with Gasteiger partial charge in [-0.15, -0.1) is 0 Å². The number of hydrogen-bond acceptors (Lipinski definition) is 5. The summed E-state index contributed by atoms with van der Waals surface area (Å²) >= 11 is 8.02. The highest BCUT2D eigenvalue weighted by Gasteiger charge is 2.08. The second kappa shape index (κ2) is 3.16. The summed E-state index contributed by atoms with van der Waals surface area (Å²) in [4.78, 5) is 12.7. The van der Waals surface area contributed by atoms with Crippen LogP contribution in [0.25, 0.3) is 0 Å². The molecule has 56 valence electrons. The second-order valence-electron chi connectivity index (χ2n) is 1.68. The van der Waals surface area contributed by atoms with E-state index in [1.165, 1.54) is 0 Å². The first-order chi connectivity index (χ1) is 4.74. The van der Waals surface area contributed by atoms with Gasteiger partial charge in [-0.25, -0.2) is 4.79 Å². The molecule has 0 bridgehead atoms. The van der Waals surface area contributed by atoms with Crippen LogP contribution in [-0.4, -0.2) is 15.9 Å². The molecule has 10 heavy (non-hydrogen) atoms. The van der Waals surface area contributed by atoms with E-state index in [0.717, 1.165) is 0 Å². The van der Waals surface area contributed by atoms with Crippen LogP contribution in [0.4, 0.5) is 0 Å². The summed E-state index contributed by atoms with van der Waals surface area (Å²) < 4.78 is 4.24. The summed E-state index contributed by atoms with van der Waals surface area (Å²) in [5, 5.41) is 3.25. The van der Waals surface area contributed by atoms with Crippen molar-refractivity contribution in [2.75, 3.05) is 5.75 Å². The third-order valence-electron chi connectivity index (χ3n) is 0.946. The van der Waals surface area contributed by atoms with Gasteiger partial charge in [-0.3, -0.25) is 9.51 Å². The van der Waals surface area contributed by atoms with Crippen LogP contribution in [0.2, 0.25) is 0 Å². The van der Waals surface area contributed by atoms with Crippen LogP contribution in [0, 0.1) is 0 Å². The second-order valence-corrected chi connectivity index (χ2v) is 2.67. The third kappa shape index (κ3) is 1.57. The van der Waals surface area contributed by atoms with Gasteiger partial charge in [0.25, 0.3) is 0 Å². The molecule has 0 fully saturated rings. The van der Waals surface area contributed by atoms with E-state index in [9.17, 15) is 4.79 Å². The molecule has 0 aliphatic carbocycles. The maximum Gasteiger partial charge on any atom is 0.438 e. The molecule has 1 heterocycles. The van der Waals surface area contributed by atoms with Crippen molar-refractivity contribution in [2.24, 2.45) is 0 Å². The van der Waals surface area contributed by atoms with Crippen molar-refractivity contribution < 1.29 is 4.52 Å². The van der Waals surface area contributed by atoms with Crippen molar-refractivity contribution in [2.45, 2.75) is 5.25 Å². The lowest BCUT2D eigenvalue weighted by molar-refractivity contribution is 0.381. The fourth-order valence-corrected chi connectivity index (χ4v) is 0.756. The molecule has 0 saturated heterocycles. The summed E-state index contributed by atoms with van der Waals surface area (Å²) in [7, 11) is 0. The van der Waals surface area contributed by atoms with Crippen LogP contribution in [0.1, 0.15) is 11.1 Å². The quantitative estimate of drug-likeness (QED) is 0.569. The Balaban J connectivity index is 2.84. The molecule has 1 unspecified atom stereocenters. The molecule has 0 radical (unpaired) electrons. The van der Waals surface area contributed by atoms with Crippen LogP contribution in [-0.2, 0) is 0 Å². The van der Waals surface area contributed by atoms with Crippen molar-refractivity contribution in [3.8, 4) is 0 Å². The Morgan fingerprint density at radius 3 is 2.90 bits per heavy atom. The Kier molecular flexibility index (Phi) is 2.44. The summed E-state index contributed by atoms with van der Waals surface area (Å²) in [6.45, 7) is 0. The average Bonchev–Trinajstić information content (AvgIpc) is 2.34. The molecule has 0 saturated carbocycles. The number of thiol groups is 2. The van der Waals surface area contributed by atoms with Gasteiger partial charge in [-0.2, -0.15) is 25.3 Å². The Morgan fingerprint density at radius 1 is 1.80 bits per heavy atom. The molecular formula is C4H6N2O2S2. The molecular weight excluding hydrogens is 172 g/mol. The minimum atomic E-state index is -0.559. The lowest BCUT2D eigenvalue weighted by Crippen LogP contribution is -1.99. The van der Waals surface area contributed by atoms with Gasteiger partial charge in [-0.1, -0.05) is 5.16 Å². The summed E-state index contributed by atoms with van der Waals surface area (Å²) in [6.07, 6.45) is 0. The van der Waals surface area contributed by atoms with Gasteiger partial charge in [0.1, 0.15) is 0 Å². The number of aromatic amines is 1. The van der Waals surface area contributed by atoms with Gasteiger partial charge in [-0.05, 0) is 0 Å². The molecule has 4 nitrogen and oxygen atoms in total. The van der Waals surface area contributed by atoms with E-state index in [0.29, 0.717) is 11.6 Å². The number of rotatable bonds is 2. The predicted octanol–water partition coefficient (Wildman–Crippen LogP) is 0.264. The van der Waals surface area contributed by atoms with E-state index in [1.54, 1.807) is 0 Å². The summed E-state index contributed by atoms with van der Waals surface area (Å²) in [5.74, 6) is 0.366. The lowest BCUT2D eigenvalue weighted by Gasteiger charge is -1.97. The molecule has 0 aliphatic heterocycles. The Bertz CT molecular complexity index is 256. The molecule has 0 amide bonds. The zero-order chi connectivity index (χ0) is 7.56. The van der Waals surface area contributed by atoms with Gasteiger partial charge < -0.3 is 0 Å². The van der Waals surface area contributed by atoms with Crippen molar-refractivity contribution in [3.05, 3.63) is 16.4 Å². The zero-order valence-corrected chi connectivity index (χ0v) is 6.73. The maximum absolute atomic E-state index is 10.4. The van der Waals surface area contributed by atoms with Crippen molar-refractivity contribution >= 4 is 25.3 Å². The predicted molar refractivity (Wildman–Crippen MR) is 42.7 cm³/mol. The molecule has 1 rings (SSSR count). The molecule has 1 atom stereocenters. The molecule has 0 spiro atoms. The normalized spacial score (nSPS) is 13.4. The van der Waals surface area contributed by atoms with Gasteiger partial charge in [0.15, 0.2) is 5.82 Å². The monoisotopic (exact) mass is 178 g/mol. The van der Waals surface area contributed by atoms with Crippen molar-refractivity contribution in [1.29, 1.82) is 0 Å². The van der Waals surface area contributed by atoms with Gasteiger partial charge >= 0.3 is 5.76 Å². The molecule has 6 heteroatoms. The van der Waals surface area contributed by atoms with Crippen molar-refractivity contribution in [1.82, 2.24) is 10.1 Å². The first-order valence-corrected chi connectivity index (χ1v) is 3.73. The molecule has 1 aromatic heterocycles. The minimum Gasteiger partial charge on any atom is -0.296 e. The van der Waals surface area contributed by atoms with Crippen LogP contribution in [0.3, 0.4) is 0 Å². The third-order valence-corrected chi connectivity index (χ3v) is 2.03. The largest absolute Gasteiger partial charge is 0.438 e. The number of nitrogens with zero attached hydrogens (tertiary/aromatic N) is 1. The van der Waals surface area contributed by atoms with Gasteiger partial charge in [0, 0.05) is 5.75 Å². The van der Waals surface area contributed by atoms with E-state index >= 15 is 0 Å². The topological polar surface area (TPSA) is 58.9 Å². The summed E-state index contributed by atoms with van der Waals surface area (Å²) in [6, 6.07) is 0. The molecule has 1 N–H and O–H groups in total. The fourth-order valence-electron chi connectivity index (χ4n) is 0.471. The zero-order valence-electron chi connectivity index (χ0n) is 4.94. The minimum absolute atomic E-state index is 0.171. The smallest absolute Gasteiger partial charge is 0.296 e. The molecule has 1 aromatic rings. The van der Waals surface area contributed by atoms with Gasteiger partial charge in [0.05, 0.1) is 5.25 Å². The highest BCUT2D eigenvalue weighted by atomic mass is 32.1. The van der Waals surface area contributed by atoms with Crippen LogP contribution in [0.5, 0.6) is 0 Å². The van der Waals surface area contributed by atoms with Crippen LogP contribution >= 0.6 is 25.3 Å². The number of nitrogens with one attached hydrogen (secondary N) is 1. The Morgan fingerprint density at radius 2 is 2.50 bits per heavy atom.